The largest absolute Gasteiger partial charge is 0.314 e. The smallest absolute Gasteiger partial charge is 0.0728 e. The van der Waals surface area contributed by atoms with Crippen molar-refractivity contribution in [2.24, 2.45) is 0 Å². The topological polar surface area (TPSA) is 42.7 Å². The molecule has 1 aliphatic rings. The first-order chi connectivity index (χ1) is 6.81. The summed E-state index contributed by atoms with van der Waals surface area (Å²) >= 11 is 0. The Kier molecular flexibility index (Phi) is 2.82. The van der Waals surface area contributed by atoms with Crippen LogP contribution in [-0.2, 0) is 6.54 Å². The van der Waals surface area contributed by atoms with E-state index >= 15 is 0 Å². The Bertz CT molecular complexity index is 294. The summed E-state index contributed by atoms with van der Waals surface area (Å²) in [5, 5.41) is 11.5. The van der Waals surface area contributed by atoms with Gasteiger partial charge in [-0.15, -0.1) is 5.10 Å². The van der Waals surface area contributed by atoms with Gasteiger partial charge in [0.15, 0.2) is 0 Å². The minimum absolute atomic E-state index is 0.619. The fourth-order valence-electron chi connectivity index (χ4n) is 2.23. The average molecular weight is 194 g/mol. The van der Waals surface area contributed by atoms with E-state index in [4.69, 9.17) is 0 Å². The van der Waals surface area contributed by atoms with Gasteiger partial charge in [0.05, 0.1) is 11.9 Å². The molecular formula is C10H18N4. The molecule has 4 heteroatoms. The number of aromatic nitrogens is 3. The Morgan fingerprint density at radius 1 is 1.64 bits per heavy atom. The van der Waals surface area contributed by atoms with E-state index in [9.17, 15) is 0 Å². The van der Waals surface area contributed by atoms with Crippen LogP contribution in [0.5, 0.6) is 0 Å². The molecule has 2 unspecified atom stereocenters. The molecule has 4 nitrogen and oxygen atoms in total. The van der Waals surface area contributed by atoms with Crippen molar-refractivity contribution in [1.82, 2.24) is 20.3 Å². The third kappa shape index (κ3) is 1.80. The van der Waals surface area contributed by atoms with Gasteiger partial charge in [0.2, 0.25) is 0 Å². The Hall–Kier alpha value is -0.900. The number of nitrogens with zero attached hydrogens (tertiary/aromatic N) is 3. The Labute approximate surface area is 84.7 Å². The van der Waals surface area contributed by atoms with Crippen LogP contribution in [-0.4, -0.2) is 27.6 Å². The Morgan fingerprint density at radius 2 is 2.50 bits per heavy atom. The van der Waals surface area contributed by atoms with E-state index in [1.165, 1.54) is 18.5 Å². The Morgan fingerprint density at radius 3 is 3.21 bits per heavy atom. The minimum Gasteiger partial charge on any atom is -0.314 e. The normalized spacial score (nSPS) is 27.9. The second-order valence-corrected chi connectivity index (χ2v) is 4.05. The summed E-state index contributed by atoms with van der Waals surface area (Å²) in [5.74, 6) is 0.640. The highest BCUT2D eigenvalue weighted by Crippen LogP contribution is 2.26. The third-order valence-electron chi connectivity index (χ3n) is 2.99. The van der Waals surface area contributed by atoms with Gasteiger partial charge in [-0.05, 0) is 33.2 Å². The molecule has 2 atom stereocenters. The highest BCUT2D eigenvalue weighted by Gasteiger charge is 2.22. The van der Waals surface area contributed by atoms with Crippen molar-refractivity contribution >= 4 is 0 Å². The summed E-state index contributed by atoms with van der Waals surface area (Å²) in [7, 11) is 0. The fraction of sp³-hybridized carbons (Fsp3) is 0.800. The SMILES string of the molecule is CCn1nncc1C1CCNC(C)C1. The highest BCUT2D eigenvalue weighted by molar-refractivity contribution is 5.05. The first-order valence-corrected chi connectivity index (χ1v) is 5.43. The molecular weight excluding hydrogens is 176 g/mol. The standard InChI is InChI=1S/C10H18N4/c1-3-14-10(7-12-13-14)9-4-5-11-8(2)6-9/h7-9,11H,3-6H2,1-2H3. The summed E-state index contributed by atoms with van der Waals surface area (Å²) in [5.41, 5.74) is 1.31. The van der Waals surface area contributed by atoms with E-state index in [1.54, 1.807) is 0 Å². The molecule has 2 heterocycles. The number of rotatable bonds is 2. The molecule has 0 aromatic carbocycles. The van der Waals surface area contributed by atoms with E-state index in [0.29, 0.717) is 12.0 Å². The zero-order valence-electron chi connectivity index (χ0n) is 8.90. The van der Waals surface area contributed by atoms with E-state index in [-0.39, 0.29) is 0 Å². The minimum atomic E-state index is 0.619. The summed E-state index contributed by atoms with van der Waals surface area (Å²) in [4.78, 5) is 0. The molecule has 0 bridgehead atoms. The van der Waals surface area contributed by atoms with E-state index in [2.05, 4.69) is 29.5 Å². The van der Waals surface area contributed by atoms with Crippen LogP contribution in [0.3, 0.4) is 0 Å². The molecule has 1 aromatic rings. The number of piperidine rings is 1. The van der Waals surface area contributed by atoms with Crippen molar-refractivity contribution in [3.63, 3.8) is 0 Å². The van der Waals surface area contributed by atoms with Gasteiger partial charge in [-0.25, -0.2) is 4.68 Å². The monoisotopic (exact) mass is 194 g/mol. The van der Waals surface area contributed by atoms with Crippen LogP contribution in [0.4, 0.5) is 0 Å². The van der Waals surface area contributed by atoms with Crippen LogP contribution < -0.4 is 5.32 Å². The first-order valence-electron chi connectivity index (χ1n) is 5.43. The highest BCUT2D eigenvalue weighted by atomic mass is 15.4. The van der Waals surface area contributed by atoms with Crippen LogP contribution in [0.1, 0.15) is 38.3 Å². The van der Waals surface area contributed by atoms with E-state index in [1.807, 2.05) is 10.9 Å². The summed E-state index contributed by atoms with van der Waals surface area (Å²) in [6, 6.07) is 0.619. The molecule has 14 heavy (non-hydrogen) atoms. The summed E-state index contributed by atoms with van der Waals surface area (Å²) < 4.78 is 2.02. The molecule has 1 fully saturated rings. The molecule has 0 radical (unpaired) electrons. The average Bonchev–Trinajstić information content (AvgIpc) is 2.65. The van der Waals surface area contributed by atoms with Crippen LogP contribution in [0, 0.1) is 0 Å². The van der Waals surface area contributed by atoms with Crippen LogP contribution in [0.15, 0.2) is 6.20 Å². The maximum atomic E-state index is 4.08. The van der Waals surface area contributed by atoms with Crippen molar-refractivity contribution < 1.29 is 0 Å². The van der Waals surface area contributed by atoms with Crippen LogP contribution in [0.25, 0.3) is 0 Å². The second-order valence-electron chi connectivity index (χ2n) is 4.05. The van der Waals surface area contributed by atoms with Gasteiger partial charge < -0.3 is 5.32 Å². The van der Waals surface area contributed by atoms with Gasteiger partial charge in [-0.2, -0.15) is 0 Å². The first kappa shape index (κ1) is 9.65. The van der Waals surface area contributed by atoms with Gasteiger partial charge in [0.1, 0.15) is 0 Å². The fourth-order valence-corrected chi connectivity index (χ4v) is 2.23. The van der Waals surface area contributed by atoms with Gasteiger partial charge in [-0.3, -0.25) is 0 Å². The quantitative estimate of drug-likeness (QED) is 0.768. The van der Waals surface area contributed by atoms with Crippen molar-refractivity contribution in [2.75, 3.05) is 6.54 Å². The maximum Gasteiger partial charge on any atom is 0.0728 e. The zero-order valence-corrected chi connectivity index (χ0v) is 8.90. The third-order valence-corrected chi connectivity index (χ3v) is 2.99. The molecule has 0 aliphatic carbocycles. The lowest BCUT2D eigenvalue weighted by atomic mass is 9.91. The summed E-state index contributed by atoms with van der Waals surface area (Å²) in [6.07, 6.45) is 4.33. The second kappa shape index (κ2) is 4.09. The molecule has 0 amide bonds. The molecule has 2 rings (SSSR count). The van der Waals surface area contributed by atoms with Gasteiger partial charge in [-0.1, -0.05) is 5.21 Å². The number of hydrogen-bond acceptors (Lipinski definition) is 3. The van der Waals surface area contributed by atoms with Crippen molar-refractivity contribution in [1.29, 1.82) is 0 Å². The van der Waals surface area contributed by atoms with Crippen LogP contribution in [0.2, 0.25) is 0 Å². The van der Waals surface area contributed by atoms with Gasteiger partial charge in [0.25, 0.3) is 0 Å². The van der Waals surface area contributed by atoms with E-state index < -0.39 is 0 Å². The molecule has 0 saturated carbocycles. The van der Waals surface area contributed by atoms with Crippen molar-refractivity contribution in [3.05, 3.63) is 11.9 Å². The number of aryl methyl sites for hydroxylation is 1. The predicted octanol–water partition coefficient (Wildman–Crippen LogP) is 1.15. The Balaban J connectivity index is 2.13. The molecule has 1 aliphatic heterocycles. The zero-order chi connectivity index (χ0) is 9.97. The lowest BCUT2D eigenvalue weighted by Crippen LogP contribution is -2.35. The maximum absolute atomic E-state index is 4.08. The summed E-state index contributed by atoms with van der Waals surface area (Å²) in [6.45, 7) is 6.39. The number of hydrogen-bond donors (Lipinski definition) is 1. The predicted molar refractivity (Wildman–Crippen MR) is 55.1 cm³/mol. The number of nitrogens with one attached hydrogen (secondary N) is 1. The molecule has 1 N–H and O–H groups in total. The molecule has 1 saturated heterocycles. The molecule has 78 valence electrons. The molecule has 1 aromatic heterocycles. The van der Waals surface area contributed by atoms with Gasteiger partial charge in [0, 0.05) is 18.5 Å². The van der Waals surface area contributed by atoms with Gasteiger partial charge >= 0.3 is 0 Å². The lowest BCUT2D eigenvalue weighted by molar-refractivity contribution is 0.365. The van der Waals surface area contributed by atoms with Crippen LogP contribution >= 0.6 is 0 Å². The van der Waals surface area contributed by atoms with E-state index in [0.717, 1.165) is 13.1 Å². The lowest BCUT2D eigenvalue weighted by Gasteiger charge is -2.27. The van der Waals surface area contributed by atoms with Crippen molar-refractivity contribution in [2.45, 2.75) is 45.2 Å². The molecule has 0 spiro atoms. The van der Waals surface area contributed by atoms with Crippen molar-refractivity contribution in [3.8, 4) is 0 Å².